The van der Waals surface area contributed by atoms with Crippen molar-refractivity contribution in [1.29, 1.82) is 0 Å². The van der Waals surface area contributed by atoms with Crippen LogP contribution >= 0.6 is 0 Å². The van der Waals surface area contributed by atoms with Crippen molar-refractivity contribution in [1.82, 2.24) is 25.1 Å². The summed E-state index contributed by atoms with van der Waals surface area (Å²) in [6, 6.07) is 6.05. The molecule has 1 atom stereocenters. The van der Waals surface area contributed by atoms with Crippen molar-refractivity contribution >= 4 is 35.0 Å². The highest BCUT2D eigenvalue weighted by Gasteiger charge is 2.38. The van der Waals surface area contributed by atoms with E-state index in [1.165, 1.54) is 45.6 Å². The molecular weight excluding hydrogens is 592 g/mol. The number of carbonyl (C=O) groups is 2. The van der Waals surface area contributed by atoms with Gasteiger partial charge in [-0.3, -0.25) is 14.5 Å². The van der Waals surface area contributed by atoms with Crippen molar-refractivity contribution in [3.05, 3.63) is 30.0 Å². The number of nitrogens with zero attached hydrogens (tertiary/aromatic N) is 6. The molecule has 262 valence electrons. The molecule has 1 saturated heterocycles. The molecule has 2 aliphatic heterocycles. The number of hydrogen-bond acceptors (Lipinski definition) is 9. The van der Waals surface area contributed by atoms with Gasteiger partial charge in [0.2, 0.25) is 11.9 Å². The quantitative estimate of drug-likeness (QED) is 0.330. The molecule has 3 heterocycles. The molecule has 3 fully saturated rings. The van der Waals surface area contributed by atoms with E-state index in [4.69, 9.17) is 9.72 Å². The lowest BCUT2D eigenvalue weighted by Crippen LogP contribution is -2.54. The number of amides is 2. The van der Waals surface area contributed by atoms with Crippen molar-refractivity contribution < 1.29 is 17.2 Å². The van der Waals surface area contributed by atoms with Crippen LogP contribution in [-0.2, 0) is 4.79 Å². The molecule has 11 heteroatoms. The van der Waals surface area contributed by atoms with Crippen LogP contribution in [0.4, 0.5) is 23.1 Å². The first kappa shape index (κ1) is 34.9. The molecule has 0 radical (unpaired) electrons. The Morgan fingerprint density at radius 3 is 2.38 bits per heavy atom. The van der Waals surface area contributed by atoms with Crippen LogP contribution in [0.3, 0.4) is 0 Å². The number of ether oxygens (including phenoxy) is 1. The minimum atomic E-state index is -0.278. The van der Waals surface area contributed by atoms with Crippen LogP contribution in [0, 0.1) is 5.92 Å². The maximum absolute atomic E-state index is 13.3. The summed E-state index contributed by atoms with van der Waals surface area (Å²) in [5.74, 6) is 2.59. The summed E-state index contributed by atoms with van der Waals surface area (Å²) in [5, 5.41) is 6.55. The second-order valence-corrected chi connectivity index (χ2v) is 13.5. The third-order valence-electron chi connectivity index (χ3n) is 10.1. The second kappa shape index (κ2) is 15.6. The number of anilines is 4. The van der Waals surface area contributed by atoms with Crippen molar-refractivity contribution in [3.63, 3.8) is 0 Å². The minimum absolute atomic E-state index is 0. The Kier molecular flexibility index (Phi) is 11.6. The molecule has 47 heavy (non-hydrogen) atoms. The first-order valence-corrected chi connectivity index (χ1v) is 17.9. The summed E-state index contributed by atoms with van der Waals surface area (Å²) in [6.07, 6.45) is 9.51. The van der Waals surface area contributed by atoms with Crippen LogP contribution in [0.2, 0.25) is 0 Å². The predicted octanol–water partition coefficient (Wildman–Crippen LogP) is 5.79. The van der Waals surface area contributed by atoms with Crippen LogP contribution in [0.5, 0.6) is 5.75 Å². The summed E-state index contributed by atoms with van der Waals surface area (Å²) in [4.78, 5) is 44.6. The number of benzene rings is 1. The Bertz CT molecular complexity index is 1380. The first-order valence-electron chi connectivity index (χ1n) is 17.9. The van der Waals surface area contributed by atoms with E-state index in [2.05, 4.69) is 44.2 Å². The Balaban J connectivity index is 0.00000160. The highest BCUT2D eigenvalue weighted by atomic mass is 16.5. The van der Waals surface area contributed by atoms with Gasteiger partial charge in [-0.05, 0) is 82.9 Å². The Morgan fingerprint density at radius 1 is 1.06 bits per heavy atom. The molecule has 2 saturated carbocycles. The highest BCUT2D eigenvalue weighted by Crippen LogP contribution is 2.37. The van der Waals surface area contributed by atoms with Gasteiger partial charge in [-0.25, -0.2) is 4.98 Å². The smallest absolute Gasteiger partial charge is 0.251 e. The number of nitrogens with one attached hydrogen (secondary N) is 2. The number of rotatable bonds is 10. The van der Waals surface area contributed by atoms with Crippen LogP contribution < -0.4 is 25.2 Å². The van der Waals surface area contributed by atoms with Gasteiger partial charge in [0.15, 0.2) is 5.82 Å². The van der Waals surface area contributed by atoms with E-state index >= 15 is 0 Å². The van der Waals surface area contributed by atoms with E-state index in [0.717, 1.165) is 37.4 Å². The molecule has 0 bridgehead atoms. The standard InChI is InChI=1S/C34H50N8O3.C2H6.2H2/c1-6-28-33(44)39(4)29-20-35-34(38-31(29)42(28)22(2)3)37-27-14-9-24(19-30(27)45-5)32(43)36-25-10-12-26(13-11-25)41-17-15-40(16-18-41)21-23-7-8-23;1-2;;/h9,14,19-20,22-23,25-26,28H,6-8,10-13,15-18,21H2,1-5H3,(H,36,43)(H,35,37,38);1-2H3;2*1H. The van der Waals surface area contributed by atoms with Gasteiger partial charge in [-0.1, -0.05) is 20.8 Å². The Hall–Kier alpha value is -3.44. The summed E-state index contributed by atoms with van der Waals surface area (Å²) in [6.45, 7) is 16.2. The molecule has 1 unspecified atom stereocenters. The maximum atomic E-state index is 13.3. The third-order valence-corrected chi connectivity index (χ3v) is 10.1. The van der Waals surface area contributed by atoms with Gasteiger partial charge < -0.3 is 30.1 Å². The van der Waals surface area contributed by atoms with Crippen molar-refractivity contribution in [2.45, 2.75) is 104 Å². The van der Waals surface area contributed by atoms with E-state index in [-0.39, 0.29) is 32.8 Å². The first-order chi connectivity index (χ1) is 22.7. The number of piperazine rings is 1. The van der Waals surface area contributed by atoms with Crippen LogP contribution in [0.15, 0.2) is 24.4 Å². The summed E-state index contributed by atoms with van der Waals surface area (Å²) in [7, 11) is 3.36. The van der Waals surface area contributed by atoms with Gasteiger partial charge in [0.25, 0.3) is 5.91 Å². The van der Waals surface area contributed by atoms with Crippen molar-refractivity contribution in [2.75, 3.05) is 62.0 Å². The second-order valence-electron chi connectivity index (χ2n) is 13.5. The van der Waals surface area contributed by atoms with Crippen molar-refractivity contribution in [3.8, 4) is 5.75 Å². The fourth-order valence-corrected chi connectivity index (χ4v) is 7.32. The minimum Gasteiger partial charge on any atom is -0.495 e. The van der Waals surface area contributed by atoms with Crippen molar-refractivity contribution in [2.24, 2.45) is 5.92 Å². The lowest BCUT2D eigenvalue weighted by molar-refractivity contribution is -0.120. The van der Waals surface area contributed by atoms with E-state index in [0.29, 0.717) is 41.1 Å². The largest absolute Gasteiger partial charge is 0.495 e. The molecule has 0 spiro atoms. The average molecular weight is 653 g/mol. The van der Waals surface area contributed by atoms with E-state index in [1.54, 1.807) is 31.3 Å². The zero-order valence-electron chi connectivity index (χ0n) is 29.6. The van der Waals surface area contributed by atoms with E-state index in [1.807, 2.05) is 32.9 Å². The number of hydrogen-bond donors (Lipinski definition) is 2. The number of methoxy groups -OCH3 is 1. The maximum Gasteiger partial charge on any atom is 0.251 e. The van der Waals surface area contributed by atoms with Gasteiger partial charge in [0.05, 0.1) is 19.0 Å². The number of likely N-dealkylation sites (N-methyl/N-ethyl adjacent to an activating group) is 1. The van der Waals surface area contributed by atoms with Gasteiger partial charge in [-0.2, -0.15) is 4.98 Å². The zero-order valence-corrected chi connectivity index (χ0v) is 29.6. The van der Waals surface area contributed by atoms with Crippen LogP contribution in [-0.4, -0.2) is 103 Å². The summed E-state index contributed by atoms with van der Waals surface area (Å²) < 4.78 is 5.68. The number of aromatic nitrogens is 2. The zero-order chi connectivity index (χ0) is 33.7. The van der Waals surface area contributed by atoms with E-state index < -0.39 is 0 Å². The monoisotopic (exact) mass is 652 g/mol. The van der Waals surface area contributed by atoms with Gasteiger partial charge in [0, 0.05) is 66.3 Å². The predicted molar refractivity (Wildman–Crippen MR) is 193 cm³/mol. The molecule has 4 aliphatic rings. The molecule has 2 amide bonds. The number of carbonyl (C=O) groups excluding carboxylic acids is 2. The normalized spacial score (nSPS) is 23.6. The van der Waals surface area contributed by atoms with Gasteiger partial charge in [0.1, 0.15) is 17.5 Å². The van der Waals surface area contributed by atoms with Crippen LogP contribution in [0.1, 0.15) is 92.8 Å². The van der Waals surface area contributed by atoms with E-state index in [9.17, 15) is 9.59 Å². The molecule has 1 aromatic heterocycles. The fraction of sp³-hybridized carbons (Fsp3) is 0.667. The lowest BCUT2D eigenvalue weighted by Gasteiger charge is -2.42. The topological polar surface area (TPSA) is 106 Å². The molecule has 2 aliphatic carbocycles. The molecule has 6 rings (SSSR count). The SMILES string of the molecule is CC.CCC1C(=O)N(C)c2cnc(Nc3ccc(C(=O)NC4CCC(N5CCN(CC6CC6)CC5)CC4)cc3OC)nc2N1C(C)C.[HH].[HH]. The molecule has 11 nitrogen and oxygen atoms in total. The molecule has 2 aromatic rings. The lowest BCUT2D eigenvalue weighted by atomic mass is 9.89. The van der Waals surface area contributed by atoms with Crippen LogP contribution in [0.25, 0.3) is 0 Å². The summed E-state index contributed by atoms with van der Waals surface area (Å²) >= 11 is 0. The Morgan fingerprint density at radius 2 is 1.77 bits per heavy atom. The van der Waals surface area contributed by atoms with Gasteiger partial charge >= 0.3 is 0 Å². The average Bonchev–Trinajstić information content (AvgIpc) is 3.92. The van der Waals surface area contributed by atoms with Gasteiger partial charge in [-0.15, -0.1) is 0 Å². The third kappa shape index (κ3) is 8.00. The number of fused-ring (bicyclic) bond motifs is 1. The summed E-state index contributed by atoms with van der Waals surface area (Å²) in [5.41, 5.74) is 1.91. The Labute approximate surface area is 284 Å². The fourth-order valence-electron chi connectivity index (χ4n) is 7.32. The molecule has 2 N–H and O–H groups in total. The molecule has 1 aromatic carbocycles. The molecular formula is C36H60N8O3. The highest BCUT2D eigenvalue weighted by molar-refractivity contribution is 6.04.